The number of amides is 1. The molecule has 1 heterocycles. The largest absolute Gasteiger partial charge is 0.392 e. The van der Waals surface area contributed by atoms with Crippen molar-refractivity contribution in [3.05, 3.63) is 0 Å². The van der Waals surface area contributed by atoms with Gasteiger partial charge in [-0.25, -0.2) is 0 Å². The van der Waals surface area contributed by atoms with E-state index in [0.29, 0.717) is 12.6 Å². The summed E-state index contributed by atoms with van der Waals surface area (Å²) in [6.07, 6.45) is 8.56. The Bertz CT molecular complexity index is 290. The molecule has 2 fully saturated rings. The number of hydrogen-bond donors (Lipinski definition) is 2. The summed E-state index contributed by atoms with van der Waals surface area (Å²) in [5, 5.41) is 13.2. The highest BCUT2D eigenvalue weighted by Gasteiger charge is 2.29. The molecule has 2 rings (SSSR count). The summed E-state index contributed by atoms with van der Waals surface area (Å²) in [5.41, 5.74) is 0. The summed E-state index contributed by atoms with van der Waals surface area (Å²) in [6, 6.07) is 0.569. The minimum Gasteiger partial charge on any atom is -0.392 e. The molecule has 19 heavy (non-hydrogen) atoms. The Morgan fingerprint density at radius 3 is 2.63 bits per heavy atom. The summed E-state index contributed by atoms with van der Waals surface area (Å²) in [6.45, 7) is 3.41. The molecule has 4 nitrogen and oxygen atoms in total. The lowest BCUT2D eigenvalue weighted by molar-refractivity contribution is -0.124. The van der Waals surface area contributed by atoms with Crippen LogP contribution in [0.1, 0.15) is 58.3 Å². The van der Waals surface area contributed by atoms with Crippen LogP contribution in [0.3, 0.4) is 0 Å². The molecule has 0 spiro atoms. The van der Waals surface area contributed by atoms with Crippen LogP contribution < -0.4 is 5.32 Å². The van der Waals surface area contributed by atoms with Crippen molar-refractivity contribution in [3.8, 4) is 0 Å². The molecule has 0 aromatic rings. The van der Waals surface area contributed by atoms with Gasteiger partial charge in [0.1, 0.15) is 0 Å². The van der Waals surface area contributed by atoms with Crippen LogP contribution in [0, 0.1) is 0 Å². The molecule has 0 aromatic carbocycles. The summed E-state index contributed by atoms with van der Waals surface area (Å²) in [5.74, 6) is 0.141. The number of aliphatic hydroxyl groups is 1. The Labute approximate surface area is 116 Å². The molecule has 4 heteroatoms. The fourth-order valence-corrected chi connectivity index (χ4v) is 3.45. The van der Waals surface area contributed by atoms with E-state index >= 15 is 0 Å². The summed E-state index contributed by atoms with van der Waals surface area (Å²) >= 11 is 0. The second kappa shape index (κ2) is 7.25. The van der Waals surface area contributed by atoms with Crippen molar-refractivity contribution in [2.24, 2.45) is 0 Å². The zero-order valence-electron chi connectivity index (χ0n) is 12.1. The first-order valence-corrected chi connectivity index (χ1v) is 7.92. The molecule has 1 aliphatic heterocycles. The van der Waals surface area contributed by atoms with Gasteiger partial charge in [0.05, 0.1) is 12.6 Å². The monoisotopic (exact) mass is 268 g/mol. The number of nitrogens with zero attached hydrogens (tertiary/aromatic N) is 1. The Hall–Kier alpha value is -0.610. The van der Waals surface area contributed by atoms with Gasteiger partial charge < -0.3 is 10.4 Å². The van der Waals surface area contributed by atoms with E-state index in [-0.39, 0.29) is 18.1 Å². The zero-order valence-corrected chi connectivity index (χ0v) is 12.1. The predicted molar refractivity (Wildman–Crippen MR) is 75.9 cm³/mol. The van der Waals surface area contributed by atoms with Gasteiger partial charge in [-0.3, -0.25) is 9.69 Å². The third-order valence-electron chi connectivity index (χ3n) is 4.59. The van der Waals surface area contributed by atoms with E-state index in [0.717, 1.165) is 38.6 Å². The molecule has 1 aliphatic carbocycles. The van der Waals surface area contributed by atoms with Crippen LogP contribution in [0.5, 0.6) is 0 Å². The maximum absolute atomic E-state index is 12.1. The van der Waals surface area contributed by atoms with Crippen LogP contribution >= 0.6 is 0 Å². The smallest absolute Gasteiger partial charge is 0.234 e. The van der Waals surface area contributed by atoms with Crippen molar-refractivity contribution in [1.29, 1.82) is 0 Å². The maximum atomic E-state index is 12.1. The van der Waals surface area contributed by atoms with E-state index in [1.807, 2.05) is 6.92 Å². The molecule has 2 atom stereocenters. The van der Waals surface area contributed by atoms with E-state index in [9.17, 15) is 9.90 Å². The molecule has 2 aliphatic rings. The molecule has 1 amide bonds. The van der Waals surface area contributed by atoms with Crippen molar-refractivity contribution >= 4 is 5.91 Å². The average molecular weight is 268 g/mol. The van der Waals surface area contributed by atoms with Crippen molar-refractivity contribution < 1.29 is 9.90 Å². The fourth-order valence-electron chi connectivity index (χ4n) is 3.45. The molecule has 1 saturated carbocycles. The van der Waals surface area contributed by atoms with Gasteiger partial charge in [0.2, 0.25) is 5.91 Å². The summed E-state index contributed by atoms with van der Waals surface area (Å²) in [4.78, 5) is 14.3. The first-order chi connectivity index (χ1) is 9.20. The summed E-state index contributed by atoms with van der Waals surface area (Å²) in [7, 11) is 0. The van der Waals surface area contributed by atoms with Gasteiger partial charge in [-0.2, -0.15) is 0 Å². The Kier molecular flexibility index (Phi) is 5.64. The number of aliphatic hydroxyl groups excluding tert-OH is 1. The Morgan fingerprint density at radius 1 is 1.26 bits per heavy atom. The van der Waals surface area contributed by atoms with Crippen molar-refractivity contribution in [3.63, 3.8) is 0 Å². The maximum Gasteiger partial charge on any atom is 0.234 e. The number of hydrogen-bond acceptors (Lipinski definition) is 3. The molecule has 110 valence electrons. The van der Waals surface area contributed by atoms with E-state index in [2.05, 4.69) is 10.2 Å². The molecular formula is C15H28N2O2. The Morgan fingerprint density at radius 2 is 1.95 bits per heavy atom. The second-order valence-corrected chi connectivity index (χ2v) is 6.06. The van der Waals surface area contributed by atoms with E-state index in [4.69, 9.17) is 0 Å². The predicted octanol–water partition coefficient (Wildman–Crippen LogP) is 1.67. The molecule has 1 saturated heterocycles. The number of carbonyl (C=O) groups is 1. The molecule has 2 unspecified atom stereocenters. The van der Waals surface area contributed by atoms with Crippen LogP contribution in [0.25, 0.3) is 0 Å². The highest BCUT2D eigenvalue weighted by atomic mass is 16.3. The van der Waals surface area contributed by atoms with E-state index < -0.39 is 0 Å². The lowest BCUT2D eigenvalue weighted by Gasteiger charge is -2.37. The van der Waals surface area contributed by atoms with Crippen LogP contribution in [0.4, 0.5) is 0 Å². The first kappa shape index (κ1) is 14.8. The normalized spacial score (nSPS) is 27.4. The van der Waals surface area contributed by atoms with Crippen molar-refractivity contribution in [2.45, 2.75) is 76.5 Å². The standard InChI is InChI=1S/C15H28N2O2/c1-2-14(18)13-9-5-6-10-17(13)11-15(19)16-12-7-3-4-8-12/h12-14,18H,2-11H2,1H3,(H,16,19). The molecular weight excluding hydrogens is 240 g/mol. The van der Waals surface area contributed by atoms with E-state index in [1.54, 1.807) is 0 Å². The summed E-state index contributed by atoms with van der Waals surface area (Å²) < 4.78 is 0. The van der Waals surface area contributed by atoms with Crippen LogP contribution in [-0.2, 0) is 4.79 Å². The fraction of sp³-hybridized carbons (Fsp3) is 0.933. The SMILES string of the molecule is CCC(O)C1CCCCN1CC(=O)NC1CCCC1. The topological polar surface area (TPSA) is 52.6 Å². The minimum absolute atomic E-state index is 0.141. The minimum atomic E-state index is -0.292. The first-order valence-electron chi connectivity index (χ1n) is 7.92. The molecule has 0 bridgehead atoms. The van der Waals surface area contributed by atoms with Gasteiger partial charge >= 0.3 is 0 Å². The average Bonchev–Trinajstić information content (AvgIpc) is 2.91. The van der Waals surface area contributed by atoms with Gasteiger partial charge in [-0.05, 0) is 38.6 Å². The quantitative estimate of drug-likeness (QED) is 0.797. The number of likely N-dealkylation sites (tertiary alicyclic amines) is 1. The number of carbonyl (C=O) groups excluding carboxylic acids is 1. The van der Waals surface area contributed by atoms with Crippen LogP contribution in [0.15, 0.2) is 0 Å². The highest BCUT2D eigenvalue weighted by molar-refractivity contribution is 5.78. The molecule has 0 radical (unpaired) electrons. The van der Waals surface area contributed by atoms with Gasteiger partial charge in [-0.15, -0.1) is 0 Å². The second-order valence-electron chi connectivity index (χ2n) is 6.06. The van der Waals surface area contributed by atoms with Gasteiger partial charge in [0, 0.05) is 12.1 Å². The Balaban J connectivity index is 1.82. The lowest BCUT2D eigenvalue weighted by atomic mass is 9.96. The number of piperidine rings is 1. The molecule has 2 N–H and O–H groups in total. The number of rotatable bonds is 5. The van der Waals surface area contributed by atoms with E-state index in [1.165, 1.54) is 19.3 Å². The van der Waals surface area contributed by atoms with Gasteiger partial charge in [0.25, 0.3) is 0 Å². The van der Waals surface area contributed by atoms with Gasteiger partial charge in [-0.1, -0.05) is 26.2 Å². The van der Waals surface area contributed by atoms with Crippen molar-refractivity contribution in [1.82, 2.24) is 10.2 Å². The third kappa shape index (κ3) is 4.18. The van der Waals surface area contributed by atoms with Gasteiger partial charge in [0.15, 0.2) is 0 Å². The lowest BCUT2D eigenvalue weighted by Crippen LogP contribution is -2.51. The van der Waals surface area contributed by atoms with Crippen LogP contribution in [-0.4, -0.2) is 47.2 Å². The van der Waals surface area contributed by atoms with Crippen LogP contribution in [0.2, 0.25) is 0 Å². The highest BCUT2D eigenvalue weighted by Crippen LogP contribution is 2.21. The number of nitrogens with one attached hydrogen (secondary N) is 1. The molecule has 0 aromatic heterocycles. The van der Waals surface area contributed by atoms with Crippen molar-refractivity contribution in [2.75, 3.05) is 13.1 Å². The third-order valence-corrected chi connectivity index (χ3v) is 4.59. The zero-order chi connectivity index (χ0) is 13.7.